The van der Waals surface area contributed by atoms with Crippen LogP contribution >= 0.6 is 0 Å². The molecule has 18 heavy (non-hydrogen) atoms. The Morgan fingerprint density at radius 1 is 1.44 bits per heavy atom. The number of aromatic nitrogens is 2. The molecule has 2 rings (SSSR count). The fraction of sp³-hybridized carbons (Fsp3) is 0.800. The van der Waals surface area contributed by atoms with Gasteiger partial charge in [-0.15, -0.1) is 0 Å². The minimum absolute atomic E-state index is 0.451. The molecule has 0 saturated heterocycles. The van der Waals surface area contributed by atoms with Crippen molar-refractivity contribution in [1.29, 1.82) is 0 Å². The van der Waals surface area contributed by atoms with Crippen molar-refractivity contribution in [2.75, 3.05) is 0 Å². The monoisotopic (exact) mass is 250 g/mol. The number of rotatable bonds is 4. The van der Waals surface area contributed by atoms with Crippen molar-refractivity contribution in [3.8, 4) is 0 Å². The molecule has 102 valence electrons. The Bertz CT molecular complexity index is 399. The number of aryl methyl sites for hydroxylation is 2. The highest BCUT2D eigenvalue weighted by Gasteiger charge is 2.38. The predicted molar refractivity (Wildman–Crippen MR) is 73.5 cm³/mol. The molecule has 1 aliphatic rings. The van der Waals surface area contributed by atoms with E-state index in [0.717, 1.165) is 37.9 Å². The molecule has 1 aromatic rings. The summed E-state index contributed by atoms with van der Waals surface area (Å²) in [6.45, 7) is 7.22. The zero-order valence-corrected chi connectivity index (χ0v) is 11.9. The van der Waals surface area contributed by atoms with Gasteiger partial charge in [0.15, 0.2) is 0 Å². The van der Waals surface area contributed by atoms with Gasteiger partial charge in [0.1, 0.15) is 0 Å². The fourth-order valence-corrected chi connectivity index (χ4v) is 3.44. The van der Waals surface area contributed by atoms with Crippen molar-refractivity contribution in [2.45, 2.75) is 71.4 Å². The molecule has 1 saturated carbocycles. The van der Waals surface area contributed by atoms with E-state index < -0.39 is 5.60 Å². The van der Waals surface area contributed by atoms with E-state index in [1.54, 1.807) is 0 Å². The summed E-state index contributed by atoms with van der Waals surface area (Å²) in [5, 5.41) is 15.5. The molecule has 0 bridgehead atoms. The zero-order chi connectivity index (χ0) is 13.2. The smallest absolute Gasteiger partial charge is 0.0730 e. The number of nitrogens with zero attached hydrogens (tertiary/aromatic N) is 2. The molecule has 1 N–H and O–H groups in total. The number of hydrogen-bond donors (Lipinski definition) is 1. The van der Waals surface area contributed by atoms with E-state index in [0.29, 0.717) is 5.92 Å². The van der Waals surface area contributed by atoms with Crippen molar-refractivity contribution in [2.24, 2.45) is 5.92 Å². The lowest BCUT2D eigenvalue weighted by atomic mass is 9.72. The highest BCUT2D eigenvalue weighted by atomic mass is 16.3. The summed E-state index contributed by atoms with van der Waals surface area (Å²) in [5.74, 6) is 0.451. The van der Waals surface area contributed by atoms with Crippen LogP contribution in [0.4, 0.5) is 0 Å². The second-order valence-corrected chi connectivity index (χ2v) is 5.72. The van der Waals surface area contributed by atoms with Gasteiger partial charge in [-0.25, -0.2) is 0 Å². The maximum Gasteiger partial charge on any atom is 0.0730 e. The van der Waals surface area contributed by atoms with Crippen molar-refractivity contribution in [1.82, 2.24) is 9.78 Å². The highest BCUT2D eigenvalue weighted by molar-refractivity contribution is 5.13. The van der Waals surface area contributed by atoms with E-state index in [9.17, 15) is 5.11 Å². The Morgan fingerprint density at radius 2 is 2.22 bits per heavy atom. The first-order valence-corrected chi connectivity index (χ1v) is 7.34. The second kappa shape index (κ2) is 5.43. The maximum atomic E-state index is 11.0. The summed E-state index contributed by atoms with van der Waals surface area (Å²) in [6.07, 6.45) is 6.39. The Kier molecular flexibility index (Phi) is 4.10. The summed E-state index contributed by atoms with van der Waals surface area (Å²) in [7, 11) is 0. The van der Waals surface area contributed by atoms with Gasteiger partial charge >= 0.3 is 0 Å². The molecule has 0 amide bonds. The van der Waals surface area contributed by atoms with Crippen LogP contribution < -0.4 is 0 Å². The molecule has 1 fully saturated rings. The minimum Gasteiger partial charge on any atom is -0.389 e. The molecule has 1 aliphatic carbocycles. The Labute approximate surface area is 110 Å². The average molecular weight is 250 g/mol. The first-order valence-electron chi connectivity index (χ1n) is 7.34. The van der Waals surface area contributed by atoms with Crippen LogP contribution in [-0.4, -0.2) is 20.5 Å². The molecule has 2 unspecified atom stereocenters. The summed E-state index contributed by atoms with van der Waals surface area (Å²) in [6, 6.07) is 2.13. The Morgan fingerprint density at radius 3 is 2.89 bits per heavy atom. The third-order valence-corrected chi connectivity index (χ3v) is 4.44. The number of hydrogen-bond acceptors (Lipinski definition) is 2. The van der Waals surface area contributed by atoms with Crippen LogP contribution in [0.2, 0.25) is 0 Å². The third-order valence-electron chi connectivity index (χ3n) is 4.44. The molecule has 0 radical (unpaired) electrons. The lowest BCUT2D eigenvalue weighted by molar-refractivity contribution is -0.0504. The van der Waals surface area contributed by atoms with Gasteiger partial charge in [0.25, 0.3) is 0 Å². The molecular formula is C15H26N2O. The van der Waals surface area contributed by atoms with Crippen LogP contribution in [0.25, 0.3) is 0 Å². The molecule has 0 spiro atoms. The molecule has 1 aromatic heterocycles. The topological polar surface area (TPSA) is 38.1 Å². The van der Waals surface area contributed by atoms with E-state index in [2.05, 4.69) is 25.0 Å². The number of aliphatic hydroxyl groups is 1. The molecule has 3 heteroatoms. The van der Waals surface area contributed by atoms with E-state index in [4.69, 9.17) is 0 Å². The molecule has 0 aromatic carbocycles. The molecule has 1 heterocycles. The SMILES string of the molecule is CCC1CCCCC1(O)Cc1cc(C)nn1CC. The van der Waals surface area contributed by atoms with Gasteiger partial charge in [-0.1, -0.05) is 26.2 Å². The van der Waals surface area contributed by atoms with Gasteiger partial charge in [-0.2, -0.15) is 5.10 Å². The largest absolute Gasteiger partial charge is 0.389 e. The average Bonchev–Trinajstić information content (AvgIpc) is 2.69. The van der Waals surface area contributed by atoms with Gasteiger partial charge in [-0.3, -0.25) is 4.68 Å². The standard InChI is InChI=1S/C15H26N2O/c1-4-13-8-6-7-9-15(13,18)11-14-10-12(3)16-17(14)5-2/h10,13,18H,4-9,11H2,1-3H3. The van der Waals surface area contributed by atoms with Gasteiger partial charge < -0.3 is 5.11 Å². The van der Waals surface area contributed by atoms with E-state index in [1.807, 2.05) is 11.6 Å². The minimum atomic E-state index is -0.508. The van der Waals surface area contributed by atoms with E-state index >= 15 is 0 Å². The van der Waals surface area contributed by atoms with Crippen LogP contribution in [0, 0.1) is 12.8 Å². The highest BCUT2D eigenvalue weighted by Crippen LogP contribution is 2.38. The van der Waals surface area contributed by atoms with Crippen molar-refractivity contribution >= 4 is 0 Å². The van der Waals surface area contributed by atoms with Gasteiger partial charge in [0.2, 0.25) is 0 Å². The molecule has 0 aliphatic heterocycles. The quantitative estimate of drug-likeness (QED) is 0.891. The molecule has 2 atom stereocenters. The lowest BCUT2D eigenvalue weighted by Gasteiger charge is -2.39. The van der Waals surface area contributed by atoms with Crippen LogP contribution in [0.1, 0.15) is 57.3 Å². The zero-order valence-electron chi connectivity index (χ0n) is 11.9. The second-order valence-electron chi connectivity index (χ2n) is 5.72. The normalized spacial score (nSPS) is 28.6. The summed E-state index contributed by atoms with van der Waals surface area (Å²) in [5.41, 5.74) is 1.74. The summed E-state index contributed by atoms with van der Waals surface area (Å²) >= 11 is 0. The Balaban J connectivity index is 2.19. The summed E-state index contributed by atoms with van der Waals surface area (Å²) < 4.78 is 2.04. The van der Waals surface area contributed by atoms with Crippen LogP contribution in [0.5, 0.6) is 0 Å². The maximum absolute atomic E-state index is 11.0. The molecular weight excluding hydrogens is 224 g/mol. The van der Waals surface area contributed by atoms with Crippen molar-refractivity contribution < 1.29 is 5.11 Å². The van der Waals surface area contributed by atoms with Gasteiger partial charge in [-0.05, 0) is 38.7 Å². The van der Waals surface area contributed by atoms with Crippen molar-refractivity contribution in [3.05, 3.63) is 17.5 Å². The third kappa shape index (κ3) is 2.61. The summed E-state index contributed by atoms with van der Waals surface area (Å²) in [4.78, 5) is 0. The first kappa shape index (κ1) is 13.6. The van der Waals surface area contributed by atoms with E-state index in [1.165, 1.54) is 18.5 Å². The van der Waals surface area contributed by atoms with Crippen molar-refractivity contribution in [3.63, 3.8) is 0 Å². The van der Waals surface area contributed by atoms with Crippen LogP contribution in [0.3, 0.4) is 0 Å². The van der Waals surface area contributed by atoms with Crippen LogP contribution in [0.15, 0.2) is 6.07 Å². The fourth-order valence-electron chi connectivity index (χ4n) is 3.44. The predicted octanol–water partition coefficient (Wildman–Crippen LogP) is 3.09. The van der Waals surface area contributed by atoms with E-state index in [-0.39, 0.29) is 0 Å². The van der Waals surface area contributed by atoms with Gasteiger partial charge in [0, 0.05) is 18.7 Å². The Hall–Kier alpha value is -0.830. The first-order chi connectivity index (χ1) is 8.59. The lowest BCUT2D eigenvalue weighted by Crippen LogP contribution is -2.43. The van der Waals surface area contributed by atoms with Gasteiger partial charge in [0.05, 0.1) is 11.3 Å². The van der Waals surface area contributed by atoms with Crippen LogP contribution in [-0.2, 0) is 13.0 Å². The molecule has 3 nitrogen and oxygen atoms in total.